The largest absolute Gasteiger partial charge is 0.489 e. The second-order valence-corrected chi connectivity index (χ2v) is 7.73. The highest BCUT2D eigenvalue weighted by atomic mass is 127. The van der Waals surface area contributed by atoms with E-state index in [2.05, 4.69) is 22.5 Å². The molecule has 1 saturated heterocycles. The molecule has 152 valence electrons. The number of likely N-dealkylation sites (tertiary alicyclic amines) is 1. The van der Waals surface area contributed by atoms with Gasteiger partial charge in [-0.2, -0.15) is 0 Å². The monoisotopic (exact) mass is 506 g/mol. The molecule has 5 nitrogen and oxygen atoms in total. The highest BCUT2D eigenvalue weighted by Crippen LogP contribution is 2.29. The molecule has 1 aliphatic heterocycles. The van der Waals surface area contributed by atoms with Crippen LogP contribution in [0.25, 0.3) is 0 Å². The van der Waals surface area contributed by atoms with Crippen LogP contribution in [-0.2, 0) is 0 Å². The Hall–Kier alpha value is -0.730. The number of guanidine groups is 1. The lowest BCUT2D eigenvalue weighted by Crippen LogP contribution is -2.49. The van der Waals surface area contributed by atoms with Crippen LogP contribution in [0.3, 0.4) is 0 Å². The molecule has 0 bridgehead atoms. The van der Waals surface area contributed by atoms with Crippen molar-refractivity contribution in [3.8, 4) is 5.75 Å². The highest BCUT2D eigenvalue weighted by Gasteiger charge is 2.31. The summed E-state index contributed by atoms with van der Waals surface area (Å²) in [5.74, 6) is 1.67. The average molecular weight is 507 g/mol. The molecule has 0 radical (unpaired) electrons. The Morgan fingerprint density at radius 3 is 2.67 bits per heavy atom. The quantitative estimate of drug-likeness (QED) is 0.334. The van der Waals surface area contributed by atoms with Gasteiger partial charge in [0.05, 0.1) is 6.54 Å². The predicted molar refractivity (Wildman–Crippen MR) is 124 cm³/mol. The van der Waals surface area contributed by atoms with Crippen LogP contribution in [-0.4, -0.2) is 55.2 Å². The van der Waals surface area contributed by atoms with Crippen molar-refractivity contribution in [3.05, 3.63) is 29.3 Å². The van der Waals surface area contributed by atoms with E-state index in [1.807, 2.05) is 31.2 Å². The van der Waals surface area contributed by atoms with E-state index in [1.165, 1.54) is 38.8 Å². The molecule has 1 atom stereocenters. The molecule has 1 aromatic rings. The summed E-state index contributed by atoms with van der Waals surface area (Å²) in [4.78, 5) is 7.36. The van der Waals surface area contributed by atoms with E-state index in [4.69, 9.17) is 21.3 Å². The van der Waals surface area contributed by atoms with Crippen LogP contribution >= 0.6 is 35.6 Å². The number of hydrogen-bond donors (Lipinski definition) is 2. The van der Waals surface area contributed by atoms with Crippen molar-refractivity contribution in [2.24, 2.45) is 4.99 Å². The number of benzene rings is 1. The van der Waals surface area contributed by atoms with Crippen molar-refractivity contribution in [2.45, 2.75) is 57.7 Å². The first-order valence-electron chi connectivity index (χ1n) is 9.85. The zero-order valence-electron chi connectivity index (χ0n) is 16.3. The lowest BCUT2D eigenvalue weighted by atomic mass is 10.1. The molecule has 1 heterocycles. The predicted octanol–water partition coefficient (Wildman–Crippen LogP) is 3.91. The zero-order valence-corrected chi connectivity index (χ0v) is 19.4. The van der Waals surface area contributed by atoms with Gasteiger partial charge in [0.25, 0.3) is 0 Å². The van der Waals surface area contributed by atoms with Crippen molar-refractivity contribution in [1.29, 1.82) is 0 Å². The van der Waals surface area contributed by atoms with Gasteiger partial charge in [-0.1, -0.05) is 17.7 Å². The van der Waals surface area contributed by atoms with E-state index in [0.29, 0.717) is 17.6 Å². The van der Waals surface area contributed by atoms with E-state index >= 15 is 0 Å². The van der Waals surface area contributed by atoms with Gasteiger partial charge in [0.15, 0.2) is 5.96 Å². The summed E-state index contributed by atoms with van der Waals surface area (Å²) >= 11 is 6.01. The Labute approximate surface area is 185 Å². The maximum absolute atomic E-state index is 6.01. The van der Waals surface area contributed by atoms with E-state index in [0.717, 1.165) is 24.3 Å². The van der Waals surface area contributed by atoms with Crippen LogP contribution < -0.4 is 15.4 Å². The highest BCUT2D eigenvalue weighted by molar-refractivity contribution is 14.0. The molecule has 0 spiro atoms. The molecular weight excluding hydrogens is 475 g/mol. The maximum atomic E-state index is 6.01. The number of rotatable bonds is 7. The van der Waals surface area contributed by atoms with E-state index in [9.17, 15) is 0 Å². The molecule has 2 fully saturated rings. The molecule has 1 unspecified atom stereocenters. The van der Waals surface area contributed by atoms with Gasteiger partial charge in [-0.15, -0.1) is 24.0 Å². The van der Waals surface area contributed by atoms with Crippen LogP contribution in [0, 0.1) is 0 Å². The van der Waals surface area contributed by atoms with Gasteiger partial charge < -0.3 is 20.3 Å². The first-order valence-corrected chi connectivity index (χ1v) is 10.2. The van der Waals surface area contributed by atoms with Gasteiger partial charge in [-0.25, -0.2) is 4.99 Å². The summed E-state index contributed by atoms with van der Waals surface area (Å²) in [6, 6.07) is 8.88. The number of nitrogens with zero attached hydrogens (tertiary/aromatic N) is 2. The first-order chi connectivity index (χ1) is 12.6. The van der Waals surface area contributed by atoms with Crippen LogP contribution in [0.4, 0.5) is 0 Å². The molecule has 0 amide bonds. The first kappa shape index (κ1) is 22.6. The standard InChI is InChI=1S/C20H31ClN4O.HI/c1-3-22-20(24-17-9-11-25(12-10-17)18-7-8-18)23-14-15(2)26-19-6-4-5-16(21)13-19;/h4-6,13,15,17-18H,3,7-12,14H2,1-2H3,(H2,22,23,24);1H. The average Bonchev–Trinajstić information content (AvgIpc) is 3.46. The lowest BCUT2D eigenvalue weighted by molar-refractivity contribution is 0.197. The number of aliphatic imine (C=N–C) groups is 1. The van der Waals surface area contributed by atoms with E-state index in [1.54, 1.807) is 0 Å². The molecule has 1 aliphatic carbocycles. The van der Waals surface area contributed by atoms with Crippen molar-refractivity contribution in [2.75, 3.05) is 26.2 Å². The summed E-state index contributed by atoms with van der Waals surface area (Å²) in [5.41, 5.74) is 0. The molecule has 2 N–H and O–H groups in total. The van der Waals surface area contributed by atoms with E-state index in [-0.39, 0.29) is 30.1 Å². The third kappa shape index (κ3) is 7.66. The summed E-state index contributed by atoms with van der Waals surface area (Å²) in [6.45, 7) is 7.99. The number of ether oxygens (including phenoxy) is 1. The van der Waals surface area contributed by atoms with E-state index < -0.39 is 0 Å². The summed E-state index contributed by atoms with van der Waals surface area (Å²) in [6.07, 6.45) is 5.16. The Bertz CT molecular complexity index is 603. The summed E-state index contributed by atoms with van der Waals surface area (Å²) in [7, 11) is 0. The molecular formula is C20H32ClIN4O. The van der Waals surface area contributed by atoms with Crippen LogP contribution in [0.5, 0.6) is 5.75 Å². The van der Waals surface area contributed by atoms with Crippen molar-refractivity contribution < 1.29 is 4.74 Å². The number of piperidine rings is 1. The normalized spacial score (nSPS) is 19.9. The Kier molecular flexibility index (Phi) is 9.45. The van der Waals surface area contributed by atoms with Crippen molar-refractivity contribution in [3.63, 3.8) is 0 Å². The summed E-state index contributed by atoms with van der Waals surface area (Å²) in [5, 5.41) is 7.64. The molecule has 2 aliphatic rings. The Morgan fingerprint density at radius 1 is 1.30 bits per heavy atom. The molecule has 0 aromatic heterocycles. The lowest BCUT2D eigenvalue weighted by Gasteiger charge is -2.33. The molecule has 1 saturated carbocycles. The minimum atomic E-state index is -0.0133. The fraction of sp³-hybridized carbons (Fsp3) is 0.650. The van der Waals surface area contributed by atoms with Gasteiger partial charge in [0.2, 0.25) is 0 Å². The van der Waals surface area contributed by atoms with Crippen LogP contribution in [0.15, 0.2) is 29.3 Å². The molecule has 7 heteroatoms. The van der Waals surface area contributed by atoms with Gasteiger partial charge >= 0.3 is 0 Å². The van der Waals surface area contributed by atoms with Gasteiger partial charge in [0.1, 0.15) is 11.9 Å². The minimum absolute atomic E-state index is 0. The van der Waals surface area contributed by atoms with Crippen molar-refractivity contribution >= 4 is 41.5 Å². The maximum Gasteiger partial charge on any atom is 0.191 e. The van der Waals surface area contributed by atoms with Gasteiger partial charge in [-0.3, -0.25) is 0 Å². The van der Waals surface area contributed by atoms with Gasteiger partial charge in [-0.05, 0) is 57.7 Å². The topological polar surface area (TPSA) is 48.9 Å². The Balaban J connectivity index is 0.00000261. The zero-order chi connectivity index (χ0) is 18.4. The molecule has 3 rings (SSSR count). The minimum Gasteiger partial charge on any atom is -0.489 e. The van der Waals surface area contributed by atoms with Crippen LogP contribution in [0.2, 0.25) is 5.02 Å². The smallest absolute Gasteiger partial charge is 0.191 e. The van der Waals surface area contributed by atoms with Gasteiger partial charge in [0, 0.05) is 36.7 Å². The Morgan fingerprint density at radius 2 is 2.04 bits per heavy atom. The second kappa shape index (κ2) is 11.3. The molecule has 1 aromatic carbocycles. The third-order valence-corrected chi connectivity index (χ3v) is 5.15. The number of nitrogens with one attached hydrogen (secondary N) is 2. The summed E-state index contributed by atoms with van der Waals surface area (Å²) < 4.78 is 5.91. The van der Waals surface area contributed by atoms with Crippen molar-refractivity contribution in [1.82, 2.24) is 15.5 Å². The third-order valence-electron chi connectivity index (χ3n) is 4.92. The number of halogens is 2. The SMILES string of the molecule is CCNC(=NCC(C)Oc1cccc(Cl)c1)NC1CCN(C2CC2)CC1.I. The fourth-order valence-electron chi connectivity index (χ4n) is 3.39. The number of hydrogen-bond acceptors (Lipinski definition) is 3. The second-order valence-electron chi connectivity index (χ2n) is 7.29. The molecule has 27 heavy (non-hydrogen) atoms. The van der Waals surface area contributed by atoms with Crippen LogP contribution in [0.1, 0.15) is 39.5 Å². The fourth-order valence-corrected chi connectivity index (χ4v) is 3.57.